The van der Waals surface area contributed by atoms with Gasteiger partial charge in [0.25, 0.3) is 0 Å². The number of nitrogen functional groups attached to an aromatic ring is 2. The van der Waals surface area contributed by atoms with Crippen molar-refractivity contribution < 1.29 is 0 Å². The maximum absolute atomic E-state index is 7.69. The van der Waals surface area contributed by atoms with Crippen LogP contribution in [0.1, 0.15) is 22.3 Å². The molecule has 0 atom stereocenters. The Labute approximate surface area is 117 Å². The molecular weight excluding hydrogens is 248 g/mol. The van der Waals surface area contributed by atoms with E-state index in [1.807, 2.05) is 48.6 Å². The summed E-state index contributed by atoms with van der Waals surface area (Å²) in [5, 5.41) is 15.2. The van der Waals surface area contributed by atoms with E-state index in [1.54, 1.807) is 12.1 Å². The summed E-state index contributed by atoms with van der Waals surface area (Å²) in [6.45, 7) is 0. The first-order valence-corrected chi connectivity index (χ1v) is 6.14. The standard InChI is InChI=1S/C16H16N4/c17-15(18)13-8-4-7-12(14(13)16(19)20)10-9-11-5-2-1-3-6-11/h1-10H,(H3,17,18)(H3,19,20). The van der Waals surface area contributed by atoms with Gasteiger partial charge in [0, 0.05) is 11.1 Å². The lowest BCUT2D eigenvalue weighted by atomic mass is 9.98. The zero-order valence-corrected chi connectivity index (χ0v) is 10.9. The highest BCUT2D eigenvalue weighted by atomic mass is 14.7. The molecule has 0 aromatic heterocycles. The van der Waals surface area contributed by atoms with Crippen LogP contribution in [0.2, 0.25) is 0 Å². The highest BCUT2D eigenvalue weighted by Gasteiger charge is 2.11. The van der Waals surface area contributed by atoms with Crippen LogP contribution >= 0.6 is 0 Å². The van der Waals surface area contributed by atoms with E-state index in [-0.39, 0.29) is 11.7 Å². The summed E-state index contributed by atoms with van der Waals surface area (Å²) in [6, 6.07) is 15.2. The summed E-state index contributed by atoms with van der Waals surface area (Å²) in [5.41, 5.74) is 14.0. The smallest absolute Gasteiger partial charge is 0.124 e. The van der Waals surface area contributed by atoms with E-state index in [0.29, 0.717) is 11.1 Å². The largest absolute Gasteiger partial charge is 0.384 e. The number of benzene rings is 2. The van der Waals surface area contributed by atoms with Gasteiger partial charge in [-0.3, -0.25) is 10.8 Å². The number of hydrogen-bond donors (Lipinski definition) is 4. The van der Waals surface area contributed by atoms with Gasteiger partial charge >= 0.3 is 0 Å². The van der Waals surface area contributed by atoms with E-state index < -0.39 is 0 Å². The van der Waals surface area contributed by atoms with Crippen molar-refractivity contribution in [3.63, 3.8) is 0 Å². The van der Waals surface area contributed by atoms with Gasteiger partial charge in [0.2, 0.25) is 0 Å². The van der Waals surface area contributed by atoms with Crippen molar-refractivity contribution in [2.24, 2.45) is 11.5 Å². The van der Waals surface area contributed by atoms with Crippen LogP contribution < -0.4 is 11.5 Å². The molecule has 0 aliphatic rings. The highest BCUT2D eigenvalue weighted by Crippen LogP contribution is 2.17. The Morgan fingerprint density at radius 1 is 0.800 bits per heavy atom. The minimum Gasteiger partial charge on any atom is -0.384 e. The molecule has 0 bridgehead atoms. The molecule has 0 aliphatic heterocycles. The van der Waals surface area contributed by atoms with E-state index in [9.17, 15) is 0 Å². The summed E-state index contributed by atoms with van der Waals surface area (Å²) in [4.78, 5) is 0. The van der Waals surface area contributed by atoms with Gasteiger partial charge in [-0.2, -0.15) is 0 Å². The number of nitrogens with two attached hydrogens (primary N) is 2. The second-order valence-electron chi connectivity index (χ2n) is 4.34. The van der Waals surface area contributed by atoms with Crippen LogP contribution in [0.4, 0.5) is 0 Å². The first-order chi connectivity index (χ1) is 9.59. The second-order valence-corrected chi connectivity index (χ2v) is 4.34. The van der Waals surface area contributed by atoms with Crippen LogP contribution in [0.25, 0.3) is 12.2 Å². The molecule has 0 aliphatic carbocycles. The van der Waals surface area contributed by atoms with Crippen LogP contribution in [0.5, 0.6) is 0 Å². The molecule has 0 amide bonds. The van der Waals surface area contributed by atoms with Crippen LogP contribution in [0, 0.1) is 10.8 Å². The molecule has 0 fully saturated rings. The lowest BCUT2D eigenvalue weighted by Gasteiger charge is -2.10. The third kappa shape index (κ3) is 2.92. The Morgan fingerprint density at radius 2 is 1.50 bits per heavy atom. The maximum atomic E-state index is 7.69. The number of amidine groups is 2. The monoisotopic (exact) mass is 264 g/mol. The summed E-state index contributed by atoms with van der Waals surface area (Å²) >= 11 is 0. The fraction of sp³-hybridized carbons (Fsp3) is 0. The van der Waals surface area contributed by atoms with Gasteiger partial charge in [0.05, 0.1) is 0 Å². The molecular formula is C16H16N4. The Balaban J connectivity index is 2.47. The van der Waals surface area contributed by atoms with Gasteiger partial charge in [-0.25, -0.2) is 0 Å². The van der Waals surface area contributed by atoms with Crippen molar-refractivity contribution in [2.45, 2.75) is 0 Å². The summed E-state index contributed by atoms with van der Waals surface area (Å²) in [5.74, 6) is -0.186. The van der Waals surface area contributed by atoms with Crippen LogP contribution in [-0.2, 0) is 0 Å². The molecule has 4 heteroatoms. The van der Waals surface area contributed by atoms with Crippen molar-refractivity contribution in [2.75, 3.05) is 0 Å². The number of nitrogens with one attached hydrogen (secondary N) is 2. The molecule has 4 nitrogen and oxygen atoms in total. The Hall–Kier alpha value is -2.88. The first kappa shape index (κ1) is 13.5. The number of hydrogen-bond acceptors (Lipinski definition) is 2. The first-order valence-electron chi connectivity index (χ1n) is 6.14. The summed E-state index contributed by atoms with van der Waals surface area (Å²) < 4.78 is 0. The quantitative estimate of drug-likeness (QED) is 0.387. The second kappa shape index (κ2) is 5.84. The summed E-state index contributed by atoms with van der Waals surface area (Å²) in [6.07, 6.45) is 3.81. The van der Waals surface area contributed by atoms with Gasteiger partial charge < -0.3 is 11.5 Å². The molecule has 20 heavy (non-hydrogen) atoms. The minimum absolute atomic E-state index is 0.0924. The van der Waals surface area contributed by atoms with Crippen LogP contribution in [-0.4, -0.2) is 11.7 Å². The van der Waals surface area contributed by atoms with Gasteiger partial charge in [-0.1, -0.05) is 60.7 Å². The fourth-order valence-corrected chi connectivity index (χ4v) is 1.98. The lowest BCUT2D eigenvalue weighted by Crippen LogP contribution is -2.21. The van der Waals surface area contributed by atoms with Gasteiger partial charge in [-0.05, 0) is 11.1 Å². The number of rotatable bonds is 4. The van der Waals surface area contributed by atoms with Crippen LogP contribution in [0.15, 0.2) is 48.5 Å². The van der Waals surface area contributed by atoms with Gasteiger partial charge in [0.15, 0.2) is 0 Å². The van der Waals surface area contributed by atoms with Crippen molar-refractivity contribution >= 4 is 23.8 Å². The van der Waals surface area contributed by atoms with E-state index in [0.717, 1.165) is 11.1 Å². The minimum atomic E-state index is -0.0940. The molecule has 0 unspecified atom stereocenters. The molecule has 0 saturated heterocycles. The average molecular weight is 264 g/mol. The third-order valence-corrected chi connectivity index (χ3v) is 2.91. The predicted octanol–water partition coefficient (Wildman–Crippen LogP) is 2.43. The van der Waals surface area contributed by atoms with E-state index in [4.69, 9.17) is 22.3 Å². The van der Waals surface area contributed by atoms with Crippen LogP contribution in [0.3, 0.4) is 0 Å². The Bertz CT molecular complexity index is 672. The molecule has 2 rings (SSSR count). The van der Waals surface area contributed by atoms with Gasteiger partial charge in [-0.15, -0.1) is 0 Å². The predicted molar refractivity (Wildman–Crippen MR) is 83.8 cm³/mol. The Kier molecular flexibility index (Phi) is 3.96. The van der Waals surface area contributed by atoms with E-state index in [1.165, 1.54) is 0 Å². The average Bonchev–Trinajstić information content (AvgIpc) is 2.45. The van der Waals surface area contributed by atoms with E-state index >= 15 is 0 Å². The molecule has 0 saturated carbocycles. The van der Waals surface area contributed by atoms with Crippen molar-refractivity contribution in [3.8, 4) is 0 Å². The van der Waals surface area contributed by atoms with E-state index in [2.05, 4.69) is 0 Å². The topological polar surface area (TPSA) is 99.7 Å². The Morgan fingerprint density at radius 3 is 2.10 bits per heavy atom. The zero-order chi connectivity index (χ0) is 14.5. The third-order valence-electron chi connectivity index (χ3n) is 2.91. The highest BCUT2D eigenvalue weighted by molar-refractivity contribution is 6.10. The molecule has 0 radical (unpaired) electrons. The zero-order valence-electron chi connectivity index (χ0n) is 10.9. The fourth-order valence-electron chi connectivity index (χ4n) is 1.98. The molecule has 6 N–H and O–H groups in total. The molecule has 0 heterocycles. The summed E-state index contributed by atoms with van der Waals surface area (Å²) in [7, 11) is 0. The molecule has 100 valence electrons. The SMILES string of the molecule is N=C(N)c1cccc(C=Cc2ccccc2)c1C(=N)N. The maximum Gasteiger partial charge on any atom is 0.124 e. The molecule has 2 aromatic carbocycles. The van der Waals surface area contributed by atoms with Gasteiger partial charge in [0.1, 0.15) is 11.7 Å². The molecule has 2 aromatic rings. The normalized spacial score (nSPS) is 10.6. The van der Waals surface area contributed by atoms with Crippen molar-refractivity contribution in [1.29, 1.82) is 10.8 Å². The lowest BCUT2D eigenvalue weighted by molar-refractivity contribution is 1.37. The molecule has 0 spiro atoms. The van der Waals surface area contributed by atoms with Crippen molar-refractivity contribution in [1.82, 2.24) is 0 Å². The van der Waals surface area contributed by atoms with Crippen molar-refractivity contribution in [3.05, 3.63) is 70.8 Å².